The monoisotopic (exact) mass is 392 g/mol. The van der Waals surface area contributed by atoms with Gasteiger partial charge in [-0.2, -0.15) is 0 Å². The Morgan fingerprint density at radius 1 is 1.31 bits per heavy atom. The molecule has 26 heavy (non-hydrogen) atoms. The van der Waals surface area contributed by atoms with E-state index in [1.165, 1.54) is 0 Å². The highest BCUT2D eigenvalue weighted by molar-refractivity contribution is 6.45. The van der Waals surface area contributed by atoms with Gasteiger partial charge in [0.05, 0.1) is 33.7 Å². The van der Waals surface area contributed by atoms with Crippen molar-refractivity contribution in [2.45, 2.75) is 18.6 Å². The summed E-state index contributed by atoms with van der Waals surface area (Å²) in [6, 6.07) is 4.20. The van der Waals surface area contributed by atoms with Crippen molar-refractivity contribution < 1.29 is 15.0 Å². The summed E-state index contributed by atoms with van der Waals surface area (Å²) in [6.45, 7) is 0.373. The first-order valence-corrected chi connectivity index (χ1v) is 8.67. The summed E-state index contributed by atoms with van der Waals surface area (Å²) >= 11 is 12.5. The standard InChI is InChI=1S/C17H14Cl2N4O3/c18-10-2-1-9-11(22-6-4-20-8-22)7-13(21-15(9)14(10)19)23-5-3-12(24)16(23)17(25)26/h1-2,4,6-8,12,16,24H,3,5H2,(H,25,26)/t12?,16-/m0/s1. The molecule has 1 fully saturated rings. The molecule has 1 aliphatic heterocycles. The lowest BCUT2D eigenvalue weighted by molar-refractivity contribution is -0.140. The second-order valence-corrected chi connectivity index (χ2v) is 6.84. The molecule has 1 aromatic carbocycles. The Kier molecular flexibility index (Phi) is 4.22. The molecule has 0 spiro atoms. The minimum absolute atomic E-state index is 0.291. The number of carboxylic acid groups (broad SMARTS) is 1. The molecule has 0 amide bonds. The van der Waals surface area contributed by atoms with Gasteiger partial charge in [0.1, 0.15) is 5.82 Å². The largest absolute Gasteiger partial charge is 0.480 e. The molecule has 9 heteroatoms. The zero-order valence-corrected chi connectivity index (χ0v) is 14.9. The van der Waals surface area contributed by atoms with Crippen molar-refractivity contribution in [1.29, 1.82) is 0 Å². The summed E-state index contributed by atoms with van der Waals surface area (Å²) in [5.41, 5.74) is 1.21. The van der Waals surface area contributed by atoms with Gasteiger partial charge in [-0.05, 0) is 18.6 Å². The molecule has 4 rings (SSSR count). The Labute approximate surface area is 158 Å². The van der Waals surface area contributed by atoms with Crippen LogP contribution in [0.3, 0.4) is 0 Å². The number of halogens is 2. The number of aliphatic carboxylic acids is 1. The van der Waals surface area contributed by atoms with Crippen molar-refractivity contribution in [3.63, 3.8) is 0 Å². The van der Waals surface area contributed by atoms with Crippen LogP contribution in [-0.4, -0.2) is 49.4 Å². The molecule has 2 N–H and O–H groups in total. The van der Waals surface area contributed by atoms with E-state index < -0.39 is 18.1 Å². The van der Waals surface area contributed by atoms with Crippen molar-refractivity contribution in [3.05, 3.63) is 47.0 Å². The van der Waals surface area contributed by atoms with Gasteiger partial charge in [0.25, 0.3) is 0 Å². The maximum absolute atomic E-state index is 11.6. The molecule has 2 atom stereocenters. The van der Waals surface area contributed by atoms with E-state index in [0.29, 0.717) is 34.3 Å². The minimum atomic E-state index is -1.10. The van der Waals surface area contributed by atoms with Crippen molar-refractivity contribution in [1.82, 2.24) is 14.5 Å². The Morgan fingerprint density at radius 2 is 2.12 bits per heavy atom. The first-order chi connectivity index (χ1) is 12.5. The lowest BCUT2D eigenvalue weighted by Crippen LogP contribution is -2.42. The first-order valence-electron chi connectivity index (χ1n) is 7.92. The lowest BCUT2D eigenvalue weighted by Gasteiger charge is -2.25. The molecule has 0 aliphatic carbocycles. The van der Waals surface area contributed by atoms with E-state index in [2.05, 4.69) is 9.97 Å². The number of imidazole rings is 1. The first kappa shape index (κ1) is 17.1. The number of fused-ring (bicyclic) bond motifs is 1. The van der Waals surface area contributed by atoms with E-state index in [-0.39, 0.29) is 0 Å². The van der Waals surface area contributed by atoms with Gasteiger partial charge in [0.2, 0.25) is 0 Å². The number of pyridine rings is 1. The molecular weight excluding hydrogens is 379 g/mol. The number of carboxylic acids is 1. The van der Waals surface area contributed by atoms with Crippen LogP contribution in [0.4, 0.5) is 5.82 Å². The number of carbonyl (C=O) groups is 1. The van der Waals surface area contributed by atoms with E-state index in [1.807, 2.05) is 6.07 Å². The van der Waals surface area contributed by atoms with E-state index in [0.717, 1.165) is 11.1 Å². The molecular formula is C17H14Cl2N4O3. The Morgan fingerprint density at radius 3 is 2.81 bits per heavy atom. The number of aromatic nitrogens is 3. The summed E-state index contributed by atoms with van der Waals surface area (Å²) in [5.74, 6) is -0.687. The Hall–Kier alpha value is -2.35. The van der Waals surface area contributed by atoms with Gasteiger partial charge < -0.3 is 19.7 Å². The Bertz CT molecular complexity index is 993. The van der Waals surface area contributed by atoms with Crippen LogP contribution in [0.5, 0.6) is 0 Å². The lowest BCUT2D eigenvalue weighted by atomic mass is 10.1. The van der Waals surface area contributed by atoms with Gasteiger partial charge in [0.15, 0.2) is 6.04 Å². The van der Waals surface area contributed by atoms with E-state index >= 15 is 0 Å². The van der Waals surface area contributed by atoms with Crippen LogP contribution in [0, 0.1) is 0 Å². The number of nitrogens with zero attached hydrogens (tertiary/aromatic N) is 4. The van der Waals surface area contributed by atoms with Gasteiger partial charge in [-0.3, -0.25) is 0 Å². The zero-order valence-electron chi connectivity index (χ0n) is 13.4. The van der Waals surface area contributed by atoms with Crippen LogP contribution in [0.2, 0.25) is 10.0 Å². The number of aliphatic hydroxyl groups is 1. The van der Waals surface area contributed by atoms with Crippen LogP contribution in [0.25, 0.3) is 16.6 Å². The molecule has 0 bridgehead atoms. The average Bonchev–Trinajstić information content (AvgIpc) is 3.27. The van der Waals surface area contributed by atoms with Crippen molar-refractivity contribution in [3.8, 4) is 5.69 Å². The van der Waals surface area contributed by atoms with Gasteiger partial charge in [0, 0.05) is 30.4 Å². The van der Waals surface area contributed by atoms with Crippen LogP contribution >= 0.6 is 23.2 Å². The quantitative estimate of drug-likeness (QED) is 0.711. The maximum atomic E-state index is 11.6. The summed E-state index contributed by atoms with van der Waals surface area (Å²) in [6.07, 6.45) is 4.43. The number of hydrogen-bond donors (Lipinski definition) is 2. The molecule has 0 radical (unpaired) electrons. The van der Waals surface area contributed by atoms with Gasteiger partial charge >= 0.3 is 5.97 Å². The summed E-state index contributed by atoms with van der Waals surface area (Å²) in [4.78, 5) is 21.8. The summed E-state index contributed by atoms with van der Waals surface area (Å²) < 4.78 is 1.79. The van der Waals surface area contributed by atoms with E-state index in [1.54, 1.807) is 40.3 Å². The minimum Gasteiger partial charge on any atom is -0.480 e. The van der Waals surface area contributed by atoms with Crippen molar-refractivity contribution in [2.24, 2.45) is 0 Å². The molecule has 0 saturated carbocycles. The molecule has 3 aromatic rings. The number of anilines is 1. The van der Waals surface area contributed by atoms with E-state index in [9.17, 15) is 15.0 Å². The molecule has 3 heterocycles. The second-order valence-electron chi connectivity index (χ2n) is 6.06. The highest BCUT2D eigenvalue weighted by Gasteiger charge is 2.39. The fourth-order valence-electron chi connectivity index (χ4n) is 3.30. The number of aliphatic hydroxyl groups excluding tert-OH is 1. The van der Waals surface area contributed by atoms with Crippen LogP contribution < -0.4 is 4.90 Å². The third-order valence-corrected chi connectivity index (χ3v) is 5.33. The van der Waals surface area contributed by atoms with Gasteiger partial charge in [-0.15, -0.1) is 0 Å². The number of rotatable bonds is 3. The zero-order chi connectivity index (χ0) is 18.4. The smallest absolute Gasteiger partial charge is 0.329 e. The molecule has 1 saturated heterocycles. The topological polar surface area (TPSA) is 91.5 Å². The van der Waals surface area contributed by atoms with Crippen LogP contribution in [0.1, 0.15) is 6.42 Å². The molecule has 1 unspecified atom stereocenters. The average molecular weight is 393 g/mol. The summed E-state index contributed by atoms with van der Waals surface area (Å²) in [5, 5.41) is 20.9. The van der Waals surface area contributed by atoms with Crippen molar-refractivity contribution in [2.75, 3.05) is 11.4 Å². The van der Waals surface area contributed by atoms with Gasteiger partial charge in [-0.25, -0.2) is 14.8 Å². The molecule has 7 nitrogen and oxygen atoms in total. The molecule has 134 valence electrons. The second kappa shape index (κ2) is 6.42. The van der Waals surface area contributed by atoms with Crippen LogP contribution in [0.15, 0.2) is 36.9 Å². The highest BCUT2D eigenvalue weighted by Crippen LogP contribution is 2.36. The molecule has 2 aromatic heterocycles. The fourth-order valence-corrected chi connectivity index (χ4v) is 3.66. The number of hydrogen-bond acceptors (Lipinski definition) is 5. The molecule has 1 aliphatic rings. The summed E-state index contributed by atoms with van der Waals surface area (Å²) in [7, 11) is 0. The highest BCUT2D eigenvalue weighted by atomic mass is 35.5. The van der Waals surface area contributed by atoms with E-state index in [4.69, 9.17) is 23.2 Å². The maximum Gasteiger partial charge on any atom is 0.329 e. The third kappa shape index (κ3) is 2.68. The predicted molar refractivity (Wildman–Crippen MR) is 98.3 cm³/mol. The number of benzene rings is 1. The van der Waals surface area contributed by atoms with Crippen LogP contribution in [-0.2, 0) is 4.79 Å². The van der Waals surface area contributed by atoms with Gasteiger partial charge in [-0.1, -0.05) is 23.2 Å². The Balaban J connectivity index is 1.96. The predicted octanol–water partition coefficient (Wildman–Crippen LogP) is 2.75. The third-order valence-electron chi connectivity index (χ3n) is 4.53. The fraction of sp³-hybridized carbons (Fsp3) is 0.235. The normalized spacial score (nSPS) is 20.0. The van der Waals surface area contributed by atoms with Crippen molar-refractivity contribution >= 4 is 45.9 Å². The SMILES string of the molecule is O=C(O)[C@@H]1C(O)CCN1c1cc(-n2ccnc2)c2ccc(Cl)c(Cl)c2n1.